The fourth-order valence-electron chi connectivity index (χ4n) is 0. The normalized spacial score (nSPS) is 3.20. The summed E-state index contributed by atoms with van der Waals surface area (Å²) in [5, 5.41) is 12.4. The summed E-state index contributed by atoms with van der Waals surface area (Å²) in [7, 11) is 0. The standard InChI is InChI=1S/CH3N.CH2O2/c1-2;2-1-3/h2H,1H2;1H,(H,2,3). The quantitative estimate of drug-likeness (QED) is 0.313. The van der Waals surface area contributed by atoms with Crippen molar-refractivity contribution in [3.63, 3.8) is 0 Å². The van der Waals surface area contributed by atoms with Crippen LogP contribution in [0, 0.1) is 5.41 Å². The zero-order valence-electron chi connectivity index (χ0n) is 2.64. The zero-order chi connectivity index (χ0) is 4.71. The average molecular weight is 75.1 g/mol. The highest BCUT2D eigenvalue weighted by Gasteiger charge is 1.22. The predicted octanol–water partition coefficient (Wildman–Crippen LogP) is -0.0334. The van der Waals surface area contributed by atoms with E-state index in [9.17, 15) is 0 Å². The smallest absolute Gasteiger partial charge is 0.290 e. The maximum atomic E-state index is 8.36. The molecule has 0 amide bonds. The van der Waals surface area contributed by atoms with Crippen molar-refractivity contribution >= 4 is 13.2 Å². The molecule has 0 saturated carbocycles. The van der Waals surface area contributed by atoms with Gasteiger partial charge in [0.15, 0.2) is 0 Å². The molecule has 0 rings (SSSR count). The topological polar surface area (TPSA) is 61.2 Å². The zero-order valence-corrected chi connectivity index (χ0v) is 2.64. The Morgan fingerprint density at radius 3 is 1.80 bits per heavy atom. The van der Waals surface area contributed by atoms with Crippen molar-refractivity contribution in [3.8, 4) is 0 Å². The van der Waals surface area contributed by atoms with Gasteiger partial charge >= 0.3 is 0 Å². The van der Waals surface area contributed by atoms with Crippen LogP contribution < -0.4 is 0 Å². The van der Waals surface area contributed by atoms with E-state index in [-0.39, 0.29) is 6.47 Å². The highest BCUT2D eigenvalue weighted by molar-refractivity contribution is 5.32. The van der Waals surface area contributed by atoms with Crippen molar-refractivity contribution in [2.75, 3.05) is 0 Å². The first-order chi connectivity index (χ1) is 2.41. The van der Waals surface area contributed by atoms with Crippen LogP contribution in [0.3, 0.4) is 0 Å². The molecule has 0 aliphatic rings. The summed E-state index contributed by atoms with van der Waals surface area (Å²) >= 11 is 0. The van der Waals surface area contributed by atoms with Crippen molar-refractivity contribution < 1.29 is 9.90 Å². The highest BCUT2D eigenvalue weighted by atomic mass is 16.3. The number of hydrogen-bond donors (Lipinski definition) is 2. The summed E-state index contributed by atoms with van der Waals surface area (Å²) in [4.78, 5) is 8.36. The molecular weight excluding hydrogens is 70.0 g/mol. The van der Waals surface area contributed by atoms with E-state index in [0.29, 0.717) is 0 Å². The first-order valence-electron chi connectivity index (χ1n) is 0.847. The van der Waals surface area contributed by atoms with Gasteiger partial charge in [-0.05, 0) is 6.72 Å². The Morgan fingerprint density at radius 2 is 1.80 bits per heavy atom. The second kappa shape index (κ2) is 734. The van der Waals surface area contributed by atoms with Crippen LogP contribution in [0.1, 0.15) is 0 Å². The van der Waals surface area contributed by atoms with E-state index in [1.54, 1.807) is 0 Å². The molecule has 3 heteroatoms. The number of rotatable bonds is 0. The summed E-state index contributed by atoms with van der Waals surface area (Å²) < 4.78 is 0. The first-order valence-corrected chi connectivity index (χ1v) is 0.847. The highest BCUT2D eigenvalue weighted by Crippen LogP contribution is 0.966. The molecule has 0 spiro atoms. The Bertz CT molecular complexity index is 21.6. The van der Waals surface area contributed by atoms with E-state index in [1.165, 1.54) is 0 Å². The van der Waals surface area contributed by atoms with Gasteiger partial charge in [0.05, 0.1) is 0 Å². The van der Waals surface area contributed by atoms with Crippen molar-refractivity contribution in [3.05, 3.63) is 0 Å². The van der Waals surface area contributed by atoms with Crippen molar-refractivity contribution in [2.45, 2.75) is 0 Å². The molecule has 0 atom stereocenters. The molecule has 0 saturated heterocycles. The molecule has 30 valence electrons. The first kappa shape index (κ1) is 8.91. The minimum absolute atomic E-state index is 0.250. The Balaban J connectivity index is 0. The number of carbonyl (C=O) groups is 1. The van der Waals surface area contributed by atoms with Gasteiger partial charge in [0.1, 0.15) is 0 Å². The monoisotopic (exact) mass is 75.0 g/mol. The molecule has 0 aromatic heterocycles. The Hall–Kier alpha value is -0.860. The Morgan fingerprint density at radius 1 is 1.80 bits per heavy atom. The lowest BCUT2D eigenvalue weighted by Gasteiger charge is -1.34. The third-order valence-corrected chi connectivity index (χ3v) is 0. The molecule has 5 heavy (non-hydrogen) atoms. The minimum Gasteiger partial charge on any atom is -0.483 e. The lowest BCUT2D eigenvalue weighted by atomic mass is 11.7. The lowest BCUT2D eigenvalue weighted by molar-refractivity contribution is -0.122. The Labute approximate surface area is 29.8 Å². The van der Waals surface area contributed by atoms with E-state index in [2.05, 4.69) is 6.72 Å². The van der Waals surface area contributed by atoms with Crippen molar-refractivity contribution in [1.29, 1.82) is 5.41 Å². The van der Waals surface area contributed by atoms with Crippen LogP contribution in [0.2, 0.25) is 0 Å². The fourth-order valence-corrected chi connectivity index (χ4v) is 0. The van der Waals surface area contributed by atoms with Crippen LogP contribution in [0.5, 0.6) is 0 Å². The van der Waals surface area contributed by atoms with Crippen molar-refractivity contribution in [1.82, 2.24) is 0 Å². The van der Waals surface area contributed by atoms with Gasteiger partial charge in [-0.25, -0.2) is 0 Å². The maximum Gasteiger partial charge on any atom is 0.290 e. The summed E-state index contributed by atoms with van der Waals surface area (Å²) in [5.74, 6) is 0. The number of carboxylic acid groups (broad SMARTS) is 1. The van der Waals surface area contributed by atoms with Gasteiger partial charge in [-0.2, -0.15) is 0 Å². The molecule has 0 fully saturated rings. The summed E-state index contributed by atoms with van der Waals surface area (Å²) in [6.45, 7) is 2.25. The van der Waals surface area contributed by atoms with Crippen LogP contribution in [0.4, 0.5) is 0 Å². The van der Waals surface area contributed by atoms with Gasteiger partial charge in [-0.15, -0.1) is 0 Å². The fraction of sp³-hybridized carbons (Fsp3) is 0. The van der Waals surface area contributed by atoms with Crippen LogP contribution >= 0.6 is 0 Å². The van der Waals surface area contributed by atoms with Gasteiger partial charge in [-0.3, -0.25) is 4.79 Å². The summed E-state index contributed by atoms with van der Waals surface area (Å²) in [6, 6.07) is 0. The van der Waals surface area contributed by atoms with Gasteiger partial charge in [0.25, 0.3) is 6.47 Å². The van der Waals surface area contributed by atoms with Gasteiger partial charge in [-0.1, -0.05) is 0 Å². The summed E-state index contributed by atoms with van der Waals surface area (Å²) in [5.41, 5.74) is 0. The molecule has 0 heterocycles. The number of nitrogens with one attached hydrogen (secondary N) is 1. The van der Waals surface area contributed by atoms with Crippen LogP contribution in [-0.2, 0) is 4.79 Å². The summed E-state index contributed by atoms with van der Waals surface area (Å²) in [6.07, 6.45) is 0. The maximum absolute atomic E-state index is 8.36. The van der Waals surface area contributed by atoms with Crippen LogP contribution in [-0.4, -0.2) is 18.3 Å². The molecule has 2 N–H and O–H groups in total. The van der Waals surface area contributed by atoms with E-state index in [1.807, 2.05) is 0 Å². The van der Waals surface area contributed by atoms with E-state index in [0.717, 1.165) is 0 Å². The van der Waals surface area contributed by atoms with Crippen LogP contribution in [0.25, 0.3) is 0 Å². The molecule has 0 aliphatic heterocycles. The molecular formula is C2H5NO2. The van der Waals surface area contributed by atoms with Gasteiger partial charge in [0, 0.05) is 0 Å². The molecule has 0 unspecified atom stereocenters. The number of hydrogen-bond acceptors (Lipinski definition) is 2. The van der Waals surface area contributed by atoms with Crippen LogP contribution in [0.15, 0.2) is 0 Å². The SMILES string of the molecule is C=N.O=CO. The van der Waals surface area contributed by atoms with Crippen molar-refractivity contribution in [2.24, 2.45) is 0 Å². The largest absolute Gasteiger partial charge is 0.483 e. The van der Waals surface area contributed by atoms with E-state index >= 15 is 0 Å². The van der Waals surface area contributed by atoms with Gasteiger partial charge < -0.3 is 10.5 Å². The van der Waals surface area contributed by atoms with Gasteiger partial charge in [0.2, 0.25) is 0 Å². The Kier molecular flexibility index (Phi) is 1310. The molecule has 0 aromatic rings. The molecule has 0 aliphatic carbocycles. The molecule has 0 radical (unpaired) electrons. The third kappa shape index (κ3) is 5.52. The minimum atomic E-state index is -0.250. The molecule has 0 aromatic carbocycles. The van der Waals surface area contributed by atoms with E-state index < -0.39 is 0 Å². The average Bonchev–Trinajstić information content (AvgIpc) is 1.46. The predicted molar refractivity (Wildman–Crippen MR) is 18.5 cm³/mol. The molecule has 0 bridgehead atoms. The second-order valence-electron chi connectivity index (χ2n) is 0.105. The molecule has 3 nitrogen and oxygen atoms in total. The second-order valence-corrected chi connectivity index (χ2v) is 0.105. The van der Waals surface area contributed by atoms with E-state index in [4.69, 9.17) is 15.3 Å². The third-order valence-electron chi connectivity index (χ3n) is 0. The lowest BCUT2D eigenvalue weighted by Crippen LogP contribution is -1.49.